The number of thioether (sulfide) groups is 1. The van der Waals surface area contributed by atoms with Gasteiger partial charge in [0, 0.05) is 28.8 Å². The van der Waals surface area contributed by atoms with E-state index in [1.807, 2.05) is 43.3 Å². The van der Waals surface area contributed by atoms with Gasteiger partial charge in [0.15, 0.2) is 0 Å². The summed E-state index contributed by atoms with van der Waals surface area (Å²) in [4.78, 5) is 43.1. The summed E-state index contributed by atoms with van der Waals surface area (Å²) in [5.41, 5.74) is 2.85. The summed E-state index contributed by atoms with van der Waals surface area (Å²) in [6, 6.07) is 15.6. The molecule has 2 heterocycles. The van der Waals surface area contributed by atoms with Gasteiger partial charge in [-0.05, 0) is 36.8 Å². The topological polar surface area (TPSA) is 115 Å². The van der Waals surface area contributed by atoms with E-state index in [9.17, 15) is 23.2 Å². The molecule has 202 valence electrons. The van der Waals surface area contributed by atoms with Crippen LogP contribution in [0.3, 0.4) is 0 Å². The molecule has 2 N–H and O–H groups in total. The van der Waals surface area contributed by atoms with Crippen LogP contribution in [0.25, 0.3) is 0 Å². The van der Waals surface area contributed by atoms with Crippen LogP contribution in [0.4, 0.5) is 8.78 Å². The van der Waals surface area contributed by atoms with Gasteiger partial charge in [-0.15, -0.1) is 23.1 Å². The first-order valence-electron chi connectivity index (χ1n) is 12.0. The van der Waals surface area contributed by atoms with Gasteiger partial charge in [0.1, 0.15) is 16.7 Å². The maximum Gasteiger partial charge on any atom is 0.271 e. The first kappa shape index (κ1) is 28.2. The SMILES string of the molecule is Cc1ccc(CNC(=O)c2ccc(SCc3nc(C(=O)NCC(=O)N4CC(F)(F)C[C@H]4C#N)cs3)cc2)cc1. The van der Waals surface area contributed by atoms with E-state index in [1.54, 1.807) is 23.6 Å². The number of halogens is 2. The zero-order valence-electron chi connectivity index (χ0n) is 20.9. The molecule has 12 heteroatoms. The Balaban J connectivity index is 1.22. The zero-order chi connectivity index (χ0) is 28.0. The molecule has 0 bridgehead atoms. The fraction of sp³-hybridized carbons (Fsp3) is 0.296. The molecule has 0 aliphatic carbocycles. The lowest BCUT2D eigenvalue weighted by Crippen LogP contribution is -2.43. The third-order valence-electron chi connectivity index (χ3n) is 5.98. The van der Waals surface area contributed by atoms with Gasteiger partial charge in [-0.3, -0.25) is 14.4 Å². The molecule has 1 atom stereocenters. The molecule has 0 saturated carbocycles. The molecule has 2 aromatic carbocycles. The minimum Gasteiger partial charge on any atom is -0.348 e. The number of benzene rings is 2. The van der Waals surface area contributed by atoms with Gasteiger partial charge in [0.05, 0.1) is 24.9 Å². The van der Waals surface area contributed by atoms with Crippen molar-refractivity contribution in [1.29, 1.82) is 5.26 Å². The van der Waals surface area contributed by atoms with E-state index in [0.29, 0.717) is 22.9 Å². The van der Waals surface area contributed by atoms with Gasteiger partial charge in [-0.2, -0.15) is 5.26 Å². The average molecular weight is 570 g/mol. The van der Waals surface area contributed by atoms with Gasteiger partial charge in [0.25, 0.3) is 17.7 Å². The van der Waals surface area contributed by atoms with Gasteiger partial charge < -0.3 is 15.5 Å². The van der Waals surface area contributed by atoms with Crippen LogP contribution in [-0.4, -0.2) is 52.7 Å². The minimum absolute atomic E-state index is 0.118. The van der Waals surface area contributed by atoms with Crippen LogP contribution in [0.1, 0.15) is 43.4 Å². The second kappa shape index (κ2) is 12.4. The summed E-state index contributed by atoms with van der Waals surface area (Å²) in [6.45, 7) is 1.11. The van der Waals surface area contributed by atoms with E-state index in [2.05, 4.69) is 15.6 Å². The smallest absolute Gasteiger partial charge is 0.271 e. The third-order valence-corrected chi connectivity index (χ3v) is 8.03. The summed E-state index contributed by atoms with van der Waals surface area (Å²) in [5.74, 6) is -4.14. The van der Waals surface area contributed by atoms with Crippen molar-refractivity contribution in [2.24, 2.45) is 0 Å². The van der Waals surface area contributed by atoms with Crippen molar-refractivity contribution < 1.29 is 23.2 Å². The molecule has 0 unspecified atom stereocenters. The fourth-order valence-electron chi connectivity index (χ4n) is 3.86. The highest BCUT2D eigenvalue weighted by molar-refractivity contribution is 7.98. The van der Waals surface area contributed by atoms with Crippen LogP contribution >= 0.6 is 23.1 Å². The van der Waals surface area contributed by atoms with E-state index in [-0.39, 0.29) is 11.6 Å². The number of nitrogens with one attached hydrogen (secondary N) is 2. The molecule has 1 aliphatic heterocycles. The Morgan fingerprint density at radius 2 is 1.85 bits per heavy atom. The van der Waals surface area contributed by atoms with Crippen molar-refractivity contribution in [1.82, 2.24) is 20.5 Å². The first-order chi connectivity index (χ1) is 18.6. The van der Waals surface area contributed by atoms with Crippen LogP contribution < -0.4 is 10.6 Å². The maximum atomic E-state index is 13.5. The number of likely N-dealkylation sites (tertiary alicyclic amines) is 1. The number of alkyl halides is 2. The predicted molar refractivity (Wildman–Crippen MR) is 143 cm³/mol. The fourth-order valence-corrected chi connectivity index (χ4v) is 5.55. The average Bonchev–Trinajstić information content (AvgIpc) is 3.54. The summed E-state index contributed by atoms with van der Waals surface area (Å²) >= 11 is 2.77. The number of nitrogens with zero attached hydrogens (tertiary/aromatic N) is 3. The molecule has 0 radical (unpaired) electrons. The summed E-state index contributed by atoms with van der Waals surface area (Å²) in [6.07, 6.45) is -0.708. The Hall–Kier alpha value is -3.82. The molecular weight excluding hydrogens is 544 g/mol. The Labute approximate surface area is 232 Å². The van der Waals surface area contributed by atoms with E-state index in [0.717, 1.165) is 20.9 Å². The number of carbonyl (C=O) groups excluding carboxylic acids is 3. The number of thiazole rings is 1. The van der Waals surface area contributed by atoms with Gasteiger partial charge in [-0.25, -0.2) is 13.8 Å². The Morgan fingerprint density at radius 3 is 2.54 bits per heavy atom. The molecule has 1 saturated heterocycles. The molecular formula is C27H25F2N5O3S2. The number of nitriles is 1. The number of hydrogen-bond donors (Lipinski definition) is 2. The zero-order valence-corrected chi connectivity index (χ0v) is 22.6. The third kappa shape index (κ3) is 7.61. The van der Waals surface area contributed by atoms with E-state index < -0.39 is 43.3 Å². The van der Waals surface area contributed by atoms with Crippen molar-refractivity contribution in [3.05, 3.63) is 81.3 Å². The van der Waals surface area contributed by atoms with Crippen LogP contribution in [0.5, 0.6) is 0 Å². The molecule has 8 nitrogen and oxygen atoms in total. The number of amides is 3. The van der Waals surface area contributed by atoms with Crippen LogP contribution in [-0.2, 0) is 17.1 Å². The molecule has 3 amide bonds. The van der Waals surface area contributed by atoms with Crippen molar-refractivity contribution in [2.45, 2.75) is 42.5 Å². The minimum atomic E-state index is -3.12. The van der Waals surface area contributed by atoms with Crippen molar-refractivity contribution in [2.75, 3.05) is 13.1 Å². The van der Waals surface area contributed by atoms with Crippen molar-refractivity contribution in [3.63, 3.8) is 0 Å². The number of carbonyl (C=O) groups is 3. The Kier molecular flexibility index (Phi) is 8.93. The molecule has 1 aromatic heterocycles. The molecule has 1 fully saturated rings. The van der Waals surface area contributed by atoms with Crippen molar-refractivity contribution in [3.8, 4) is 6.07 Å². The number of hydrogen-bond acceptors (Lipinski definition) is 7. The molecule has 4 rings (SSSR count). The summed E-state index contributed by atoms with van der Waals surface area (Å²) in [7, 11) is 0. The Bertz CT molecular complexity index is 1390. The van der Waals surface area contributed by atoms with Crippen LogP contribution in [0.2, 0.25) is 0 Å². The normalized spacial score (nSPS) is 15.9. The number of rotatable bonds is 9. The standard InChI is InChI=1S/C27H25F2N5O3S2/c1-17-2-4-18(5-3-17)12-31-25(36)19-6-8-21(9-7-19)38-15-23-33-22(14-39-23)26(37)32-13-24(35)34-16-27(28,29)10-20(34)11-30/h2-9,14,20H,10,12-13,15-16H2,1H3,(H,31,36)(H,32,37)/t20-/m0/s1. The van der Waals surface area contributed by atoms with Gasteiger partial charge in [0.2, 0.25) is 5.91 Å². The molecule has 39 heavy (non-hydrogen) atoms. The van der Waals surface area contributed by atoms with E-state index >= 15 is 0 Å². The highest BCUT2D eigenvalue weighted by Gasteiger charge is 2.47. The van der Waals surface area contributed by atoms with E-state index in [4.69, 9.17) is 5.26 Å². The lowest BCUT2D eigenvalue weighted by atomic mass is 10.1. The molecule has 1 aliphatic rings. The second-order valence-electron chi connectivity index (χ2n) is 9.02. The highest BCUT2D eigenvalue weighted by Crippen LogP contribution is 2.31. The maximum absolute atomic E-state index is 13.5. The predicted octanol–water partition coefficient (Wildman–Crippen LogP) is 4.16. The van der Waals surface area contributed by atoms with Gasteiger partial charge >= 0.3 is 0 Å². The summed E-state index contributed by atoms with van der Waals surface area (Å²) < 4.78 is 27.1. The molecule has 0 spiro atoms. The molecule has 3 aromatic rings. The summed E-state index contributed by atoms with van der Waals surface area (Å²) in [5, 5.41) is 16.6. The van der Waals surface area contributed by atoms with Crippen LogP contribution in [0, 0.1) is 18.3 Å². The quantitative estimate of drug-likeness (QED) is 0.374. The monoisotopic (exact) mass is 569 g/mol. The van der Waals surface area contributed by atoms with Gasteiger partial charge in [-0.1, -0.05) is 29.8 Å². The first-order valence-corrected chi connectivity index (χ1v) is 13.9. The number of aromatic nitrogens is 1. The lowest BCUT2D eigenvalue weighted by Gasteiger charge is -2.19. The highest BCUT2D eigenvalue weighted by atomic mass is 32.2. The lowest BCUT2D eigenvalue weighted by molar-refractivity contribution is -0.131. The second-order valence-corrected chi connectivity index (χ2v) is 11.0. The van der Waals surface area contributed by atoms with Crippen LogP contribution in [0.15, 0.2) is 58.8 Å². The Morgan fingerprint density at radius 1 is 1.13 bits per heavy atom. The van der Waals surface area contributed by atoms with E-state index in [1.165, 1.54) is 23.1 Å². The van der Waals surface area contributed by atoms with Crippen molar-refractivity contribution >= 4 is 40.8 Å². The largest absolute Gasteiger partial charge is 0.348 e. The number of aryl methyl sites for hydroxylation is 1.